The fraction of sp³-hybridized carbons (Fsp3) is 0.0566. The summed E-state index contributed by atoms with van der Waals surface area (Å²) in [4.78, 5) is 0. The van der Waals surface area contributed by atoms with Crippen molar-refractivity contribution in [3.05, 3.63) is 198 Å². The van der Waals surface area contributed by atoms with Gasteiger partial charge in [0, 0.05) is 5.41 Å². The smallest absolute Gasteiger partial charge is 0.0159 e. The van der Waals surface area contributed by atoms with E-state index in [1.165, 1.54) is 93.2 Å². The highest BCUT2D eigenvalue weighted by Gasteiger charge is 2.35. The predicted molar refractivity (Wildman–Crippen MR) is 230 cm³/mol. The average Bonchev–Trinajstić information content (AvgIpc) is 3.44. The highest BCUT2D eigenvalue weighted by Crippen LogP contribution is 2.49. The molecule has 53 heavy (non-hydrogen) atoms. The van der Waals surface area contributed by atoms with Crippen molar-refractivity contribution < 1.29 is 0 Å². The molecular formula is C53H38. The highest BCUT2D eigenvalue weighted by atomic mass is 14.4. The molecule has 0 amide bonds. The third-order valence-corrected chi connectivity index (χ3v) is 11.7. The van der Waals surface area contributed by atoms with Gasteiger partial charge in [-0.1, -0.05) is 184 Å². The van der Waals surface area contributed by atoms with Crippen LogP contribution in [0.3, 0.4) is 0 Å². The summed E-state index contributed by atoms with van der Waals surface area (Å²) in [5, 5.41) is 10.2. The van der Waals surface area contributed by atoms with Crippen LogP contribution in [-0.2, 0) is 5.41 Å². The number of benzene rings is 9. The van der Waals surface area contributed by atoms with Crippen LogP contribution >= 0.6 is 0 Å². The van der Waals surface area contributed by atoms with Crippen LogP contribution in [0.15, 0.2) is 170 Å². The van der Waals surface area contributed by atoms with Crippen LogP contribution in [-0.4, -0.2) is 0 Å². The standard InChI is InChI=1S/C53H38/c1-4-34-21-23-38(39-27-30-48-47-19-11-12-20-51(47)53(2,3)52(48)32-39)31-37(34)24-22-36-26-29-45(42-16-8-7-14-40(36)42)50-33-49-41-15-6-5-13-35(41)25-28-46(49)43-17-9-10-18-44(43)50/h4-33H,1H2,2-3H3. The molecule has 9 aromatic carbocycles. The minimum Gasteiger partial charge on any atom is -0.0984 e. The zero-order chi connectivity index (χ0) is 35.7. The molecule has 0 N–H and O–H groups in total. The van der Waals surface area contributed by atoms with Gasteiger partial charge in [0.1, 0.15) is 0 Å². The van der Waals surface area contributed by atoms with Crippen molar-refractivity contribution in [1.82, 2.24) is 0 Å². The van der Waals surface area contributed by atoms with Crippen molar-refractivity contribution >= 4 is 61.3 Å². The van der Waals surface area contributed by atoms with Crippen molar-refractivity contribution in [2.75, 3.05) is 0 Å². The summed E-state index contributed by atoms with van der Waals surface area (Å²) in [5.41, 5.74) is 13.9. The predicted octanol–water partition coefficient (Wildman–Crippen LogP) is 14.8. The van der Waals surface area contributed by atoms with E-state index in [2.05, 4.69) is 196 Å². The Labute approximate surface area is 311 Å². The largest absolute Gasteiger partial charge is 0.0984 e. The van der Waals surface area contributed by atoms with Gasteiger partial charge in [-0.3, -0.25) is 0 Å². The molecule has 9 aromatic rings. The van der Waals surface area contributed by atoms with Crippen LogP contribution in [0.4, 0.5) is 0 Å². The van der Waals surface area contributed by atoms with E-state index in [4.69, 9.17) is 0 Å². The molecule has 10 rings (SSSR count). The maximum Gasteiger partial charge on any atom is 0.0159 e. The van der Waals surface area contributed by atoms with E-state index in [9.17, 15) is 0 Å². The third kappa shape index (κ3) is 4.90. The van der Waals surface area contributed by atoms with Gasteiger partial charge in [0.05, 0.1) is 0 Å². The molecule has 1 aliphatic carbocycles. The Balaban J connectivity index is 1.08. The number of rotatable bonds is 5. The molecule has 0 unspecified atom stereocenters. The number of hydrogen-bond acceptors (Lipinski definition) is 0. The van der Waals surface area contributed by atoms with Crippen molar-refractivity contribution in [2.24, 2.45) is 0 Å². The lowest BCUT2D eigenvalue weighted by Crippen LogP contribution is -2.14. The second-order valence-corrected chi connectivity index (χ2v) is 14.9. The first-order valence-electron chi connectivity index (χ1n) is 18.5. The first kappa shape index (κ1) is 31.3. The molecule has 0 saturated heterocycles. The molecule has 250 valence electrons. The van der Waals surface area contributed by atoms with Crippen molar-refractivity contribution in [3.8, 4) is 33.4 Å². The molecule has 0 aliphatic heterocycles. The number of hydrogen-bond donors (Lipinski definition) is 0. The summed E-state index contributed by atoms with van der Waals surface area (Å²) < 4.78 is 0. The molecule has 0 radical (unpaired) electrons. The van der Waals surface area contributed by atoms with Crippen LogP contribution in [0.5, 0.6) is 0 Å². The van der Waals surface area contributed by atoms with Gasteiger partial charge in [0.15, 0.2) is 0 Å². The summed E-state index contributed by atoms with van der Waals surface area (Å²) in [5.74, 6) is 0. The van der Waals surface area contributed by atoms with Gasteiger partial charge in [-0.2, -0.15) is 0 Å². The van der Waals surface area contributed by atoms with E-state index in [0.717, 1.165) is 11.1 Å². The Morgan fingerprint density at radius 2 is 0.962 bits per heavy atom. The SMILES string of the molecule is C=Cc1ccc(-c2ccc3c(c2)C(C)(C)c2ccccc2-3)cc1C=Cc1ccc(-c2cc3c4ccccc4ccc3c3ccccc23)c2ccccc12. The van der Waals surface area contributed by atoms with Crippen molar-refractivity contribution in [3.63, 3.8) is 0 Å². The monoisotopic (exact) mass is 674 g/mol. The Morgan fingerprint density at radius 3 is 1.79 bits per heavy atom. The lowest BCUT2D eigenvalue weighted by molar-refractivity contribution is 0.660. The van der Waals surface area contributed by atoms with E-state index in [1.54, 1.807) is 0 Å². The Kier molecular flexibility index (Phi) is 7.10. The minimum atomic E-state index is -0.0358. The van der Waals surface area contributed by atoms with Gasteiger partial charge < -0.3 is 0 Å². The Hall–Kier alpha value is -6.50. The molecule has 0 saturated carbocycles. The quantitative estimate of drug-likeness (QED) is 0.126. The lowest BCUT2D eigenvalue weighted by atomic mass is 9.81. The molecule has 0 aromatic heterocycles. The molecule has 0 heterocycles. The molecule has 0 heteroatoms. The average molecular weight is 675 g/mol. The molecule has 0 spiro atoms. The van der Waals surface area contributed by atoms with Crippen molar-refractivity contribution in [1.29, 1.82) is 0 Å². The van der Waals surface area contributed by atoms with E-state index < -0.39 is 0 Å². The summed E-state index contributed by atoms with van der Waals surface area (Å²) in [7, 11) is 0. The highest BCUT2D eigenvalue weighted by molar-refractivity contribution is 6.22. The normalized spacial score (nSPS) is 13.2. The van der Waals surface area contributed by atoms with Crippen LogP contribution in [0.25, 0.3) is 94.7 Å². The van der Waals surface area contributed by atoms with Crippen LogP contribution in [0.1, 0.15) is 41.7 Å². The summed E-state index contributed by atoms with van der Waals surface area (Å²) >= 11 is 0. The second kappa shape index (κ2) is 12.0. The molecule has 0 nitrogen and oxygen atoms in total. The van der Waals surface area contributed by atoms with Crippen LogP contribution < -0.4 is 0 Å². The summed E-state index contributed by atoms with van der Waals surface area (Å²) in [6.07, 6.45) is 6.49. The maximum absolute atomic E-state index is 4.16. The van der Waals surface area contributed by atoms with Crippen LogP contribution in [0.2, 0.25) is 0 Å². The second-order valence-electron chi connectivity index (χ2n) is 14.9. The first-order valence-corrected chi connectivity index (χ1v) is 18.5. The van der Waals surface area contributed by atoms with Crippen molar-refractivity contribution in [2.45, 2.75) is 19.3 Å². The number of fused-ring (bicyclic) bond motifs is 9. The van der Waals surface area contributed by atoms with E-state index in [0.29, 0.717) is 0 Å². The molecule has 0 atom stereocenters. The van der Waals surface area contributed by atoms with E-state index in [-0.39, 0.29) is 5.41 Å². The zero-order valence-corrected chi connectivity index (χ0v) is 30.0. The van der Waals surface area contributed by atoms with Gasteiger partial charge >= 0.3 is 0 Å². The Morgan fingerprint density at radius 1 is 0.377 bits per heavy atom. The minimum absolute atomic E-state index is 0.0358. The lowest BCUT2D eigenvalue weighted by Gasteiger charge is -2.22. The topological polar surface area (TPSA) is 0 Å². The fourth-order valence-electron chi connectivity index (χ4n) is 8.93. The van der Waals surface area contributed by atoms with E-state index >= 15 is 0 Å². The van der Waals surface area contributed by atoms with Gasteiger partial charge in [-0.25, -0.2) is 0 Å². The van der Waals surface area contributed by atoms with Gasteiger partial charge in [0.25, 0.3) is 0 Å². The maximum atomic E-state index is 4.16. The van der Waals surface area contributed by atoms with Crippen LogP contribution in [0, 0.1) is 0 Å². The molecule has 0 bridgehead atoms. The summed E-state index contributed by atoms with van der Waals surface area (Å²) in [6, 6.07) is 60.5. The molecule has 0 fully saturated rings. The molecular weight excluding hydrogens is 637 g/mol. The fourth-order valence-corrected chi connectivity index (χ4v) is 8.93. The molecule has 1 aliphatic rings. The third-order valence-electron chi connectivity index (χ3n) is 11.7. The van der Waals surface area contributed by atoms with Gasteiger partial charge in [-0.15, -0.1) is 0 Å². The van der Waals surface area contributed by atoms with E-state index in [1.807, 2.05) is 6.08 Å². The van der Waals surface area contributed by atoms with Gasteiger partial charge in [0.2, 0.25) is 0 Å². The Bertz CT molecular complexity index is 2990. The first-order chi connectivity index (χ1) is 26.0. The summed E-state index contributed by atoms with van der Waals surface area (Å²) in [6.45, 7) is 8.85. The zero-order valence-electron chi connectivity index (χ0n) is 30.0. The van der Waals surface area contributed by atoms with Gasteiger partial charge in [-0.05, 0) is 122 Å².